The Morgan fingerprint density at radius 1 is 1.10 bits per heavy atom. The molecular formula is C24H25NO4. The molecule has 5 nitrogen and oxygen atoms in total. The van der Waals surface area contributed by atoms with Crippen LogP contribution in [-0.2, 0) is 17.7 Å². The number of aryl methyl sites for hydroxylation is 1. The molecule has 1 aromatic heterocycles. The fourth-order valence-corrected chi connectivity index (χ4v) is 3.74. The lowest BCUT2D eigenvalue weighted by Crippen LogP contribution is -2.38. The van der Waals surface area contributed by atoms with Crippen molar-refractivity contribution in [3.63, 3.8) is 0 Å². The maximum atomic E-state index is 13.3. The summed E-state index contributed by atoms with van der Waals surface area (Å²) < 4.78 is 11.1. The number of hydrogen-bond donors (Lipinski definition) is 0. The molecule has 0 N–H and O–H groups in total. The molecule has 0 spiro atoms. The Kier molecular flexibility index (Phi) is 5.76. The number of fused-ring (bicyclic) bond motifs is 1. The Morgan fingerprint density at radius 3 is 2.59 bits per heavy atom. The number of para-hydroxylation sites is 1. The number of nitrogens with zero attached hydrogens (tertiary/aromatic N) is 1. The largest absolute Gasteiger partial charge is 0.422 e. The number of carbonyl (C=O) groups is 1. The minimum Gasteiger partial charge on any atom is -0.422 e. The number of benzene rings is 2. The van der Waals surface area contributed by atoms with E-state index < -0.39 is 5.63 Å². The van der Waals surface area contributed by atoms with Gasteiger partial charge in [0.15, 0.2) is 0 Å². The number of amides is 1. The van der Waals surface area contributed by atoms with Crippen LogP contribution in [0.4, 0.5) is 0 Å². The summed E-state index contributed by atoms with van der Waals surface area (Å²) in [5.74, 6) is -0.320. The minimum atomic E-state index is -0.604. The predicted molar refractivity (Wildman–Crippen MR) is 112 cm³/mol. The van der Waals surface area contributed by atoms with E-state index in [-0.39, 0.29) is 17.6 Å². The fourth-order valence-electron chi connectivity index (χ4n) is 3.74. The molecule has 1 atom stereocenters. The molecule has 4 rings (SSSR count). The van der Waals surface area contributed by atoms with Gasteiger partial charge in [0.05, 0.1) is 6.10 Å². The van der Waals surface area contributed by atoms with Gasteiger partial charge in [0, 0.05) is 25.1 Å². The van der Waals surface area contributed by atoms with Gasteiger partial charge in [0.2, 0.25) is 0 Å². The third-order valence-electron chi connectivity index (χ3n) is 5.41. The highest BCUT2D eigenvalue weighted by molar-refractivity contribution is 5.96. The van der Waals surface area contributed by atoms with Gasteiger partial charge in [-0.2, -0.15) is 0 Å². The molecule has 1 fully saturated rings. The lowest BCUT2D eigenvalue weighted by Gasteiger charge is -2.25. The molecule has 0 bridgehead atoms. The van der Waals surface area contributed by atoms with Crippen molar-refractivity contribution < 1.29 is 13.9 Å². The van der Waals surface area contributed by atoms with Gasteiger partial charge in [-0.15, -0.1) is 0 Å². The van der Waals surface area contributed by atoms with Gasteiger partial charge in [-0.05, 0) is 42.5 Å². The van der Waals surface area contributed by atoms with Gasteiger partial charge in [-0.1, -0.05) is 49.4 Å². The van der Waals surface area contributed by atoms with Crippen LogP contribution in [0.25, 0.3) is 11.0 Å². The lowest BCUT2D eigenvalue weighted by molar-refractivity contribution is 0.0504. The summed E-state index contributed by atoms with van der Waals surface area (Å²) in [5, 5.41) is 0.736. The van der Waals surface area contributed by atoms with E-state index in [1.165, 1.54) is 5.56 Å². The minimum absolute atomic E-state index is 0.00126. The molecule has 1 unspecified atom stereocenters. The fraction of sp³-hybridized carbons (Fsp3) is 0.333. The molecule has 0 aliphatic carbocycles. The van der Waals surface area contributed by atoms with Crippen LogP contribution in [0.1, 0.15) is 41.3 Å². The van der Waals surface area contributed by atoms with Gasteiger partial charge in [0.1, 0.15) is 11.1 Å². The first kappa shape index (κ1) is 19.4. The second-order valence-electron chi connectivity index (χ2n) is 7.48. The summed E-state index contributed by atoms with van der Waals surface area (Å²) >= 11 is 0. The predicted octanol–water partition coefficient (Wildman–Crippen LogP) is 4.18. The molecule has 5 heteroatoms. The quantitative estimate of drug-likeness (QED) is 0.592. The molecule has 0 radical (unpaired) electrons. The van der Waals surface area contributed by atoms with Gasteiger partial charge >= 0.3 is 5.63 Å². The van der Waals surface area contributed by atoms with E-state index >= 15 is 0 Å². The number of hydrogen-bond acceptors (Lipinski definition) is 4. The van der Waals surface area contributed by atoms with E-state index in [2.05, 4.69) is 19.1 Å². The maximum absolute atomic E-state index is 13.3. The Labute approximate surface area is 169 Å². The summed E-state index contributed by atoms with van der Waals surface area (Å²) in [6, 6.07) is 17.1. The number of ether oxygens (including phenoxy) is 1. The number of rotatable bonds is 6. The van der Waals surface area contributed by atoms with Gasteiger partial charge in [-0.3, -0.25) is 4.79 Å². The van der Waals surface area contributed by atoms with Gasteiger partial charge in [0.25, 0.3) is 5.91 Å². The van der Waals surface area contributed by atoms with Crippen LogP contribution in [0.2, 0.25) is 0 Å². The highest BCUT2D eigenvalue weighted by Crippen LogP contribution is 2.19. The highest BCUT2D eigenvalue weighted by atomic mass is 16.5. The van der Waals surface area contributed by atoms with Crippen LogP contribution >= 0.6 is 0 Å². The van der Waals surface area contributed by atoms with Crippen LogP contribution < -0.4 is 5.63 Å². The van der Waals surface area contributed by atoms with E-state index in [1.54, 1.807) is 23.1 Å². The van der Waals surface area contributed by atoms with Crippen LogP contribution in [-0.4, -0.2) is 30.1 Å². The molecule has 150 valence electrons. The van der Waals surface area contributed by atoms with Crippen molar-refractivity contribution >= 4 is 16.9 Å². The van der Waals surface area contributed by atoms with Crippen LogP contribution in [0.3, 0.4) is 0 Å². The Hall–Kier alpha value is -2.92. The van der Waals surface area contributed by atoms with Crippen molar-refractivity contribution in [2.24, 2.45) is 0 Å². The summed E-state index contributed by atoms with van der Waals surface area (Å²) in [6.07, 6.45) is 2.89. The van der Waals surface area contributed by atoms with Crippen molar-refractivity contribution in [3.8, 4) is 0 Å². The van der Waals surface area contributed by atoms with E-state index in [9.17, 15) is 9.59 Å². The van der Waals surface area contributed by atoms with Crippen LogP contribution in [0.5, 0.6) is 0 Å². The van der Waals surface area contributed by atoms with Crippen LogP contribution in [0, 0.1) is 0 Å². The molecule has 1 amide bonds. The summed E-state index contributed by atoms with van der Waals surface area (Å²) in [5.41, 5.74) is 2.22. The zero-order chi connectivity index (χ0) is 20.2. The summed E-state index contributed by atoms with van der Waals surface area (Å²) in [7, 11) is 0. The molecule has 1 saturated heterocycles. The average Bonchev–Trinajstić information content (AvgIpc) is 3.26. The second-order valence-corrected chi connectivity index (χ2v) is 7.48. The highest BCUT2D eigenvalue weighted by Gasteiger charge is 2.26. The Morgan fingerprint density at radius 2 is 1.86 bits per heavy atom. The third kappa shape index (κ3) is 4.40. The SMILES string of the molecule is CCc1ccc(CN(CC2CCCO2)C(=O)c2cc3ccccc3oc2=O)cc1. The van der Waals surface area contributed by atoms with E-state index in [4.69, 9.17) is 9.15 Å². The lowest BCUT2D eigenvalue weighted by atomic mass is 10.1. The molecule has 3 aromatic rings. The first-order valence-electron chi connectivity index (χ1n) is 10.2. The summed E-state index contributed by atoms with van der Waals surface area (Å²) in [6.45, 7) is 3.72. The smallest absolute Gasteiger partial charge is 0.349 e. The molecule has 1 aliphatic rings. The van der Waals surface area contributed by atoms with Crippen molar-refractivity contribution in [3.05, 3.63) is 81.7 Å². The Bertz CT molecular complexity index is 1050. The monoisotopic (exact) mass is 391 g/mol. The molecule has 2 aromatic carbocycles. The van der Waals surface area contributed by atoms with Crippen LogP contribution in [0.15, 0.2) is 63.8 Å². The maximum Gasteiger partial charge on any atom is 0.349 e. The zero-order valence-electron chi connectivity index (χ0n) is 16.6. The van der Waals surface area contributed by atoms with Gasteiger partial charge < -0.3 is 14.1 Å². The molecule has 29 heavy (non-hydrogen) atoms. The zero-order valence-corrected chi connectivity index (χ0v) is 16.6. The second kappa shape index (κ2) is 8.62. The van der Waals surface area contributed by atoms with Crippen molar-refractivity contribution in [2.45, 2.75) is 38.8 Å². The van der Waals surface area contributed by atoms with Gasteiger partial charge in [-0.25, -0.2) is 4.79 Å². The molecular weight excluding hydrogens is 366 g/mol. The van der Waals surface area contributed by atoms with E-state index in [0.29, 0.717) is 18.7 Å². The molecule has 0 saturated carbocycles. The first-order valence-corrected chi connectivity index (χ1v) is 10.2. The van der Waals surface area contributed by atoms with Crippen molar-refractivity contribution in [1.29, 1.82) is 0 Å². The average molecular weight is 391 g/mol. The van der Waals surface area contributed by atoms with Crippen molar-refractivity contribution in [2.75, 3.05) is 13.2 Å². The normalized spacial score (nSPS) is 16.2. The Balaban J connectivity index is 1.64. The van der Waals surface area contributed by atoms with Crippen molar-refractivity contribution in [1.82, 2.24) is 4.90 Å². The standard InChI is InChI=1S/C24H25NO4/c1-2-17-9-11-18(12-10-17)15-25(16-20-7-5-13-28-20)23(26)21-14-19-6-3-4-8-22(19)29-24(21)27/h3-4,6,8-12,14,20H,2,5,7,13,15-16H2,1H3. The first-order chi connectivity index (χ1) is 14.1. The topological polar surface area (TPSA) is 59.8 Å². The summed E-state index contributed by atoms with van der Waals surface area (Å²) in [4.78, 5) is 27.5. The third-order valence-corrected chi connectivity index (χ3v) is 5.41. The van der Waals surface area contributed by atoms with E-state index in [0.717, 1.165) is 36.8 Å². The number of carbonyl (C=O) groups excluding carboxylic acids is 1. The molecule has 2 heterocycles. The van der Waals surface area contributed by atoms with E-state index in [1.807, 2.05) is 24.3 Å². The molecule has 1 aliphatic heterocycles.